The fraction of sp³-hybridized carbons (Fsp3) is 0.692. The molecule has 0 radical (unpaired) electrons. The van der Waals surface area contributed by atoms with Crippen molar-refractivity contribution in [2.24, 2.45) is 0 Å². The van der Waals surface area contributed by atoms with E-state index >= 15 is 0 Å². The normalized spacial score (nSPS) is 14.8. The van der Waals surface area contributed by atoms with E-state index in [0.29, 0.717) is 30.9 Å². The Morgan fingerprint density at radius 3 is 2.68 bits per heavy atom. The van der Waals surface area contributed by atoms with Crippen molar-refractivity contribution in [1.29, 1.82) is 0 Å². The first-order chi connectivity index (χ1) is 10.6. The molecule has 0 aromatic carbocycles. The van der Waals surface area contributed by atoms with Crippen LogP contribution in [0.4, 0.5) is 11.9 Å². The molecule has 1 fully saturated rings. The van der Waals surface area contributed by atoms with Crippen LogP contribution in [0.2, 0.25) is 0 Å². The highest BCUT2D eigenvalue weighted by Crippen LogP contribution is 2.14. The SMILES string of the molecule is COCC(=O)NCc1nc(N(C)C)nc(N2CCOCC2)n1. The number of hydrogen-bond acceptors (Lipinski definition) is 8. The number of amides is 1. The second-order valence-electron chi connectivity index (χ2n) is 5.06. The average Bonchev–Trinajstić information content (AvgIpc) is 2.54. The van der Waals surface area contributed by atoms with Crippen LogP contribution in [0.25, 0.3) is 0 Å². The molecule has 1 N–H and O–H groups in total. The molecular weight excluding hydrogens is 288 g/mol. The highest BCUT2D eigenvalue weighted by atomic mass is 16.5. The molecule has 1 aromatic rings. The van der Waals surface area contributed by atoms with Crippen molar-refractivity contribution in [3.05, 3.63) is 5.82 Å². The number of carbonyl (C=O) groups excluding carboxylic acids is 1. The second kappa shape index (κ2) is 7.85. The molecule has 2 rings (SSSR count). The minimum absolute atomic E-state index is 0.0158. The zero-order valence-corrected chi connectivity index (χ0v) is 13.2. The minimum Gasteiger partial charge on any atom is -0.378 e. The molecule has 9 nitrogen and oxygen atoms in total. The smallest absolute Gasteiger partial charge is 0.246 e. The Hall–Kier alpha value is -2.00. The molecule has 0 saturated carbocycles. The molecule has 0 atom stereocenters. The largest absolute Gasteiger partial charge is 0.378 e. The van der Waals surface area contributed by atoms with Crippen LogP contribution >= 0.6 is 0 Å². The van der Waals surface area contributed by atoms with E-state index in [1.54, 1.807) is 0 Å². The lowest BCUT2D eigenvalue weighted by molar-refractivity contribution is -0.124. The summed E-state index contributed by atoms with van der Waals surface area (Å²) in [5.41, 5.74) is 0. The van der Waals surface area contributed by atoms with Gasteiger partial charge in [-0.3, -0.25) is 4.79 Å². The lowest BCUT2D eigenvalue weighted by atomic mass is 10.4. The second-order valence-corrected chi connectivity index (χ2v) is 5.06. The fourth-order valence-electron chi connectivity index (χ4n) is 1.94. The van der Waals surface area contributed by atoms with Crippen LogP contribution in [0, 0.1) is 0 Å². The number of aromatic nitrogens is 3. The number of ether oxygens (including phenoxy) is 2. The summed E-state index contributed by atoms with van der Waals surface area (Å²) in [5, 5.41) is 2.72. The van der Waals surface area contributed by atoms with Gasteiger partial charge < -0.3 is 24.6 Å². The van der Waals surface area contributed by atoms with Crippen molar-refractivity contribution >= 4 is 17.8 Å². The summed E-state index contributed by atoms with van der Waals surface area (Å²) in [5.74, 6) is 1.48. The van der Waals surface area contributed by atoms with Crippen LogP contribution in [0.3, 0.4) is 0 Å². The molecule has 0 bridgehead atoms. The first kappa shape index (κ1) is 16.4. The van der Waals surface area contributed by atoms with Gasteiger partial charge >= 0.3 is 0 Å². The van der Waals surface area contributed by atoms with E-state index < -0.39 is 0 Å². The van der Waals surface area contributed by atoms with Gasteiger partial charge in [0.25, 0.3) is 0 Å². The summed E-state index contributed by atoms with van der Waals surface area (Å²) in [6.45, 7) is 3.05. The van der Waals surface area contributed by atoms with Crippen molar-refractivity contribution in [2.45, 2.75) is 6.54 Å². The van der Waals surface area contributed by atoms with Crippen molar-refractivity contribution in [2.75, 3.05) is 63.9 Å². The van der Waals surface area contributed by atoms with Gasteiger partial charge in [-0.25, -0.2) is 0 Å². The summed E-state index contributed by atoms with van der Waals surface area (Å²) < 4.78 is 10.1. The maximum Gasteiger partial charge on any atom is 0.246 e. The summed E-state index contributed by atoms with van der Waals surface area (Å²) in [6.07, 6.45) is 0. The van der Waals surface area contributed by atoms with Gasteiger partial charge in [-0.05, 0) is 0 Å². The van der Waals surface area contributed by atoms with Gasteiger partial charge in [0, 0.05) is 34.3 Å². The van der Waals surface area contributed by atoms with E-state index in [0.717, 1.165) is 13.1 Å². The third kappa shape index (κ3) is 4.50. The van der Waals surface area contributed by atoms with Gasteiger partial charge in [0.05, 0.1) is 19.8 Å². The molecule has 0 unspecified atom stereocenters. The van der Waals surface area contributed by atoms with Crippen LogP contribution in [-0.2, 0) is 20.8 Å². The molecule has 2 heterocycles. The van der Waals surface area contributed by atoms with Gasteiger partial charge in [-0.2, -0.15) is 15.0 Å². The first-order valence-corrected chi connectivity index (χ1v) is 7.10. The van der Waals surface area contributed by atoms with Crippen LogP contribution in [0.15, 0.2) is 0 Å². The number of rotatable bonds is 6. The molecule has 1 aliphatic heterocycles. The number of hydrogen-bond donors (Lipinski definition) is 1. The zero-order chi connectivity index (χ0) is 15.9. The van der Waals surface area contributed by atoms with E-state index in [1.165, 1.54) is 7.11 Å². The summed E-state index contributed by atoms with van der Waals surface area (Å²) >= 11 is 0. The molecule has 1 saturated heterocycles. The van der Waals surface area contributed by atoms with Crippen molar-refractivity contribution in [3.63, 3.8) is 0 Å². The van der Waals surface area contributed by atoms with Crippen LogP contribution in [0.5, 0.6) is 0 Å². The number of nitrogens with one attached hydrogen (secondary N) is 1. The number of carbonyl (C=O) groups is 1. The molecule has 22 heavy (non-hydrogen) atoms. The van der Waals surface area contributed by atoms with Gasteiger partial charge in [-0.15, -0.1) is 0 Å². The van der Waals surface area contributed by atoms with Crippen LogP contribution in [0.1, 0.15) is 5.82 Å². The van der Waals surface area contributed by atoms with Gasteiger partial charge in [0.1, 0.15) is 6.61 Å². The van der Waals surface area contributed by atoms with Gasteiger partial charge in [0.15, 0.2) is 5.82 Å². The number of anilines is 2. The summed E-state index contributed by atoms with van der Waals surface area (Å²) in [6, 6.07) is 0. The lowest BCUT2D eigenvalue weighted by Gasteiger charge is -2.27. The average molecular weight is 310 g/mol. The Bertz CT molecular complexity index is 505. The van der Waals surface area contributed by atoms with Crippen LogP contribution < -0.4 is 15.1 Å². The lowest BCUT2D eigenvalue weighted by Crippen LogP contribution is -2.38. The molecule has 122 valence electrons. The maximum atomic E-state index is 11.5. The van der Waals surface area contributed by atoms with E-state index in [4.69, 9.17) is 9.47 Å². The number of nitrogens with zero attached hydrogens (tertiary/aromatic N) is 5. The molecule has 1 amide bonds. The van der Waals surface area contributed by atoms with Crippen LogP contribution in [-0.4, -0.2) is 75.0 Å². The minimum atomic E-state index is -0.206. The van der Waals surface area contributed by atoms with Gasteiger partial charge in [-0.1, -0.05) is 0 Å². The van der Waals surface area contributed by atoms with Crippen molar-refractivity contribution < 1.29 is 14.3 Å². The Labute approximate surface area is 129 Å². The van der Waals surface area contributed by atoms with E-state index in [1.807, 2.05) is 19.0 Å². The van der Waals surface area contributed by atoms with Crippen molar-refractivity contribution in [1.82, 2.24) is 20.3 Å². The van der Waals surface area contributed by atoms with E-state index in [9.17, 15) is 4.79 Å². The Kier molecular flexibility index (Phi) is 5.84. The summed E-state index contributed by atoms with van der Waals surface area (Å²) in [7, 11) is 5.21. The predicted molar refractivity (Wildman–Crippen MR) is 80.9 cm³/mol. The third-order valence-electron chi connectivity index (χ3n) is 3.07. The Morgan fingerprint density at radius 1 is 1.32 bits per heavy atom. The Morgan fingerprint density at radius 2 is 2.05 bits per heavy atom. The third-order valence-corrected chi connectivity index (χ3v) is 3.07. The molecule has 9 heteroatoms. The molecule has 1 aromatic heterocycles. The fourth-order valence-corrected chi connectivity index (χ4v) is 1.94. The summed E-state index contributed by atoms with van der Waals surface area (Å²) in [4.78, 5) is 28.6. The first-order valence-electron chi connectivity index (χ1n) is 7.10. The Balaban J connectivity index is 2.13. The van der Waals surface area contributed by atoms with Gasteiger partial charge in [0.2, 0.25) is 17.8 Å². The molecular formula is C13H22N6O3. The number of morpholine rings is 1. The zero-order valence-electron chi connectivity index (χ0n) is 13.2. The molecule has 0 spiro atoms. The number of methoxy groups -OCH3 is 1. The quantitative estimate of drug-likeness (QED) is 0.718. The highest BCUT2D eigenvalue weighted by Gasteiger charge is 2.17. The standard InChI is InChI=1S/C13H22N6O3/c1-18(2)12-15-10(8-14-11(20)9-21-3)16-13(17-12)19-4-6-22-7-5-19/h4-9H2,1-3H3,(H,14,20). The predicted octanol–water partition coefficient (Wildman–Crippen LogP) is -0.963. The topological polar surface area (TPSA) is 92.7 Å². The van der Waals surface area contributed by atoms with E-state index in [-0.39, 0.29) is 19.1 Å². The van der Waals surface area contributed by atoms with Crippen molar-refractivity contribution in [3.8, 4) is 0 Å². The highest BCUT2D eigenvalue weighted by molar-refractivity contribution is 5.77. The monoisotopic (exact) mass is 310 g/mol. The van der Waals surface area contributed by atoms with E-state index in [2.05, 4.69) is 25.2 Å². The molecule has 0 aliphatic carbocycles. The molecule has 1 aliphatic rings. The maximum absolute atomic E-state index is 11.5.